The molecule has 0 N–H and O–H groups in total. The largest absolute Gasteiger partial charge is 0.306 e. The Morgan fingerprint density at radius 1 is 0.484 bits per heavy atom. The number of rotatable bonds is 4. The predicted octanol–water partition coefficient (Wildman–Crippen LogP) is 13.8. The van der Waals surface area contributed by atoms with Gasteiger partial charge in [-0.25, -0.2) is 9.97 Å². The van der Waals surface area contributed by atoms with Crippen molar-refractivity contribution < 1.29 is 0 Å². The molecule has 0 saturated heterocycles. The molecule has 4 heteroatoms. The van der Waals surface area contributed by atoms with Gasteiger partial charge in [0.05, 0.1) is 28.5 Å². The van der Waals surface area contributed by atoms with E-state index in [-0.39, 0.29) is 6.71 Å². The molecule has 0 radical (unpaired) electrons. The van der Waals surface area contributed by atoms with Crippen molar-refractivity contribution in [1.29, 1.82) is 0 Å². The molecule has 7 aromatic carbocycles. The zero-order valence-electron chi connectivity index (χ0n) is 37.7. The highest BCUT2D eigenvalue weighted by atomic mass is 15.2. The summed E-state index contributed by atoms with van der Waals surface area (Å²) in [6.45, 7) is 22.2. The molecule has 4 heterocycles. The number of benzene rings is 7. The van der Waals surface area contributed by atoms with Gasteiger partial charge in [0.25, 0.3) is 0 Å². The van der Waals surface area contributed by atoms with E-state index in [2.05, 4.69) is 169 Å². The lowest BCUT2D eigenvalue weighted by Crippen LogP contribution is -2.59. The van der Waals surface area contributed by atoms with Crippen molar-refractivity contribution in [2.75, 3.05) is 4.90 Å². The maximum atomic E-state index is 5.70. The molecule has 0 unspecified atom stereocenters. The van der Waals surface area contributed by atoms with Crippen LogP contribution in [0.15, 0.2) is 120 Å². The molecule has 0 atom stereocenters. The second kappa shape index (κ2) is 14.0. The summed E-state index contributed by atoms with van der Waals surface area (Å²) in [6.07, 6.45) is 4.62. The molecule has 0 bridgehead atoms. The highest BCUT2D eigenvalue weighted by Gasteiger charge is 2.46. The standard InChI is InChI=1S/C56H46BN3.C2H6/c1-29-13-9-14-30(2)45(29)37-21-23-41-48-39(37)25-27-43-53(48)60-54-44(57(43)50-35(7)19-12-20-36(50)8)28-26-40-38(46-31(3)15-10-16-32(46)4)22-24-42(49(40)54)52-55(60)51(41)58-56(59-52)47-33(5)17-11-18-34(47)6;1-2/h9,11-15,17-28H,10,16H2,1-8H3;1-2H3. The smallest absolute Gasteiger partial charge is 0.247 e. The van der Waals surface area contributed by atoms with E-state index in [1.807, 2.05) is 13.8 Å². The zero-order chi connectivity index (χ0) is 42.9. The van der Waals surface area contributed by atoms with E-state index in [4.69, 9.17) is 9.97 Å². The number of aromatic nitrogens is 2. The topological polar surface area (TPSA) is 29.0 Å². The molecule has 0 amide bonds. The Kier molecular flexibility index (Phi) is 8.68. The van der Waals surface area contributed by atoms with Crippen LogP contribution in [0.3, 0.4) is 0 Å². The van der Waals surface area contributed by atoms with Crippen molar-refractivity contribution in [3.05, 3.63) is 159 Å². The van der Waals surface area contributed by atoms with Gasteiger partial charge in [0.2, 0.25) is 6.71 Å². The van der Waals surface area contributed by atoms with Gasteiger partial charge in [-0.15, -0.1) is 0 Å². The maximum absolute atomic E-state index is 5.70. The van der Waals surface area contributed by atoms with Gasteiger partial charge in [-0.1, -0.05) is 145 Å². The summed E-state index contributed by atoms with van der Waals surface area (Å²) in [5, 5.41) is 5.13. The third-order valence-electron chi connectivity index (χ3n) is 14.4. The van der Waals surface area contributed by atoms with Crippen molar-refractivity contribution in [2.45, 2.75) is 82.1 Å². The summed E-state index contributed by atoms with van der Waals surface area (Å²) in [7, 11) is 0. The third-order valence-corrected chi connectivity index (χ3v) is 14.4. The fourth-order valence-electron chi connectivity index (χ4n) is 11.8. The number of hydrogen-bond acceptors (Lipinski definition) is 3. The lowest BCUT2D eigenvalue weighted by molar-refractivity contribution is 0.953. The average molecular weight is 802 g/mol. The average Bonchev–Trinajstić information content (AvgIpc) is 3.26. The fourth-order valence-corrected chi connectivity index (χ4v) is 11.8. The first-order valence-electron chi connectivity index (χ1n) is 22.6. The minimum atomic E-state index is 0.0460. The van der Waals surface area contributed by atoms with Gasteiger partial charge in [0.15, 0.2) is 5.82 Å². The quantitative estimate of drug-likeness (QED) is 0.166. The summed E-state index contributed by atoms with van der Waals surface area (Å²) < 4.78 is 0. The molecule has 3 aliphatic heterocycles. The summed E-state index contributed by atoms with van der Waals surface area (Å²) >= 11 is 0. The van der Waals surface area contributed by atoms with Crippen LogP contribution >= 0.6 is 0 Å². The zero-order valence-corrected chi connectivity index (χ0v) is 37.7. The Morgan fingerprint density at radius 2 is 0.952 bits per heavy atom. The molecule has 0 saturated carbocycles. The second-order valence-electron chi connectivity index (χ2n) is 18.0. The molecule has 1 aromatic heterocycles. The lowest BCUT2D eigenvalue weighted by atomic mass is 9.33. The molecule has 0 spiro atoms. The van der Waals surface area contributed by atoms with Crippen LogP contribution < -0.4 is 21.3 Å². The number of nitrogens with zero attached hydrogens (tertiary/aromatic N) is 3. The molecule has 12 rings (SSSR count). The Hall–Kier alpha value is -6.52. The van der Waals surface area contributed by atoms with Crippen molar-refractivity contribution in [1.82, 2.24) is 9.97 Å². The first-order chi connectivity index (χ1) is 30.1. The minimum absolute atomic E-state index is 0.0460. The van der Waals surface area contributed by atoms with Gasteiger partial charge in [-0.05, 0) is 140 Å². The minimum Gasteiger partial charge on any atom is -0.306 e. The van der Waals surface area contributed by atoms with Crippen molar-refractivity contribution >= 4 is 67.3 Å². The second-order valence-corrected chi connectivity index (χ2v) is 18.0. The van der Waals surface area contributed by atoms with Gasteiger partial charge < -0.3 is 4.90 Å². The summed E-state index contributed by atoms with van der Waals surface area (Å²) in [4.78, 5) is 14.0. The number of allylic oxidation sites excluding steroid dienone is 4. The number of aryl methyl sites for hydroxylation is 6. The van der Waals surface area contributed by atoms with Crippen LogP contribution in [0, 0.1) is 41.5 Å². The Labute approximate surface area is 367 Å². The fraction of sp³-hybridized carbons (Fsp3) is 0.207. The molecule has 3 nitrogen and oxygen atoms in total. The van der Waals surface area contributed by atoms with Gasteiger partial charge in [0.1, 0.15) is 0 Å². The molecule has 0 fully saturated rings. The molecule has 8 aromatic rings. The first kappa shape index (κ1) is 38.4. The van der Waals surface area contributed by atoms with Gasteiger partial charge in [-0.2, -0.15) is 0 Å². The predicted molar refractivity (Wildman–Crippen MR) is 267 cm³/mol. The SMILES string of the molecule is CC.CC1=CCCC(C)=C1c1ccc2c3c4c(ccc13)B(c1c(C)cccc1C)c1ccc3c(-c5c(C)cccc5C)ccc5c3c1N4c1c-2nc(-c2c(C)cccc2C)nc1-5. The van der Waals surface area contributed by atoms with Crippen LogP contribution in [0.2, 0.25) is 0 Å². The lowest BCUT2D eigenvalue weighted by Gasteiger charge is -2.45. The van der Waals surface area contributed by atoms with Gasteiger partial charge >= 0.3 is 0 Å². The maximum Gasteiger partial charge on any atom is 0.247 e. The van der Waals surface area contributed by atoms with Crippen molar-refractivity contribution in [2.24, 2.45) is 0 Å². The van der Waals surface area contributed by atoms with E-state index in [0.717, 1.165) is 41.3 Å². The summed E-state index contributed by atoms with van der Waals surface area (Å²) in [5.74, 6) is 0.790. The summed E-state index contributed by atoms with van der Waals surface area (Å²) in [6, 6.07) is 39.3. The normalized spacial score (nSPS) is 14.1. The molecular weight excluding hydrogens is 749 g/mol. The molecule has 4 aliphatic rings. The van der Waals surface area contributed by atoms with E-state index in [1.165, 1.54) is 127 Å². The number of fused-ring (bicyclic) bond motifs is 2. The highest BCUT2D eigenvalue weighted by Crippen LogP contribution is 2.60. The van der Waals surface area contributed by atoms with Crippen LogP contribution in [0.5, 0.6) is 0 Å². The Morgan fingerprint density at radius 3 is 1.48 bits per heavy atom. The Balaban J connectivity index is 0.00000213. The van der Waals surface area contributed by atoms with E-state index in [0.29, 0.717) is 0 Å². The van der Waals surface area contributed by atoms with Crippen molar-refractivity contribution in [3.8, 4) is 45.0 Å². The van der Waals surface area contributed by atoms with Crippen molar-refractivity contribution in [3.63, 3.8) is 0 Å². The first-order valence-corrected chi connectivity index (χ1v) is 22.6. The number of anilines is 3. The molecular formula is C58H52BN3. The molecule has 302 valence electrons. The van der Waals surface area contributed by atoms with Crippen LogP contribution in [-0.2, 0) is 0 Å². The number of hydrogen-bond donors (Lipinski definition) is 0. The van der Waals surface area contributed by atoms with E-state index in [9.17, 15) is 0 Å². The van der Waals surface area contributed by atoms with Gasteiger partial charge in [-0.3, -0.25) is 0 Å². The van der Waals surface area contributed by atoms with Crippen LogP contribution in [0.4, 0.5) is 17.1 Å². The van der Waals surface area contributed by atoms with E-state index in [1.54, 1.807) is 0 Å². The van der Waals surface area contributed by atoms with Gasteiger partial charge in [0, 0.05) is 27.5 Å². The molecule has 62 heavy (non-hydrogen) atoms. The van der Waals surface area contributed by atoms with E-state index >= 15 is 0 Å². The summed E-state index contributed by atoms with van der Waals surface area (Å²) in [5.41, 5.74) is 29.0. The highest BCUT2D eigenvalue weighted by molar-refractivity contribution is 6.99. The van der Waals surface area contributed by atoms with E-state index < -0.39 is 0 Å². The Bertz CT molecular complexity index is 3300. The molecule has 1 aliphatic carbocycles. The third kappa shape index (κ3) is 5.13. The van der Waals surface area contributed by atoms with Crippen LogP contribution in [0.25, 0.3) is 72.1 Å². The van der Waals surface area contributed by atoms with Crippen LogP contribution in [-0.4, -0.2) is 16.7 Å². The monoisotopic (exact) mass is 801 g/mol. The van der Waals surface area contributed by atoms with Crippen LogP contribution in [0.1, 0.15) is 79.5 Å².